The Balaban J connectivity index is 3.22. The Kier molecular flexibility index (Phi) is 2.19. The normalized spacial score (nSPS) is 10.5. The molecule has 6 heteroatoms. The van der Waals surface area contributed by atoms with Crippen molar-refractivity contribution >= 4 is 27.4 Å². The molecular formula is C5H3NO3S2. The van der Waals surface area contributed by atoms with Crippen LogP contribution in [0, 0.1) is 0 Å². The summed E-state index contributed by atoms with van der Waals surface area (Å²) in [5.74, 6) is 0. The van der Waals surface area contributed by atoms with Gasteiger partial charge in [0.05, 0.1) is 11.4 Å². The third kappa shape index (κ3) is 1.74. The summed E-state index contributed by atoms with van der Waals surface area (Å²) in [5.41, 5.74) is 0. The Bertz CT molecular complexity index is 372. The van der Waals surface area contributed by atoms with Gasteiger partial charge in [-0.05, 0) is 24.4 Å². The van der Waals surface area contributed by atoms with E-state index in [4.69, 9.17) is 0 Å². The number of thiocarbonyl (C=S) groups is 1. The zero-order chi connectivity index (χ0) is 8.32. The molecule has 1 rings (SSSR count). The quantitative estimate of drug-likeness (QED) is 0.515. The molecule has 0 saturated carbocycles. The van der Waals surface area contributed by atoms with Crippen molar-refractivity contribution < 1.29 is 12.8 Å². The molecular weight excluding hydrogens is 186 g/mol. The number of sulfonamides is 1. The van der Waals surface area contributed by atoms with Gasteiger partial charge in [0.1, 0.15) is 0 Å². The molecule has 0 saturated heterocycles. The second kappa shape index (κ2) is 2.96. The van der Waals surface area contributed by atoms with E-state index in [2.05, 4.69) is 21.0 Å². The van der Waals surface area contributed by atoms with Crippen LogP contribution in [0.3, 0.4) is 0 Å². The second-order valence-corrected chi connectivity index (χ2v) is 3.31. The highest BCUT2D eigenvalue weighted by Gasteiger charge is 2.14. The lowest BCUT2D eigenvalue weighted by Crippen LogP contribution is -1.92. The van der Waals surface area contributed by atoms with Gasteiger partial charge in [-0.15, -0.1) is 0 Å². The molecule has 0 aliphatic rings. The summed E-state index contributed by atoms with van der Waals surface area (Å²) < 4.78 is 29.3. The second-order valence-electron chi connectivity index (χ2n) is 1.59. The van der Waals surface area contributed by atoms with Crippen LogP contribution in [-0.4, -0.2) is 13.6 Å². The van der Waals surface area contributed by atoms with E-state index in [-0.39, 0.29) is 5.09 Å². The average molecular weight is 189 g/mol. The van der Waals surface area contributed by atoms with Gasteiger partial charge in [-0.1, -0.05) is 4.40 Å². The molecule has 0 radical (unpaired) electrons. The summed E-state index contributed by atoms with van der Waals surface area (Å²) in [4.78, 5) is 0. The zero-order valence-electron chi connectivity index (χ0n) is 5.22. The van der Waals surface area contributed by atoms with Crippen LogP contribution in [0.1, 0.15) is 0 Å². The van der Waals surface area contributed by atoms with Crippen LogP contribution < -0.4 is 0 Å². The average Bonchev–Trinajstić information content (AvgIpc) is 2.37. The first kappa shape index (κ1) is 8.13. The number of hydrogen-bond acceptors (Lipinski definition) is 4. The van der Waals surface area contributed by atoms with E-state index < -0.39 is 10.0 Å². The summed E-state index contributed by atoms with van der Waals surface area (Å²) in [7, 11) is -3.72. The molecule has 0 unspecified atom stereocenters. The van der Waals surface area contributed by atoms with Gasteiger partial charge in [0.25, 0.3) is 0 Å². The highest BCUT2D eigenvalue weighted by molar-refractivity contribution is 7.90. The van der Waals surface area contributed by atoms with Crippen molar-refractivity contribution in [3.63, 3.8) is 0 Å². The Hall–Kier alpha value is -0.970. The number of nitrogens with zero attached hydrogens (tertiary/aromatic N) is 1. The van der Waals surface area contributed by atoms with Crippen molar-refractivity contribution in [3.05, 3.63) is 18.4 Å². The van der Waals surface area contributed by atoms with Gasteiger partial charge in [-0.3, -0.25) is 0 Å². The van der Waals surface area contributed by atoms with Gasteiger partial charge in [0.15, 0.2) is 0 Å². The van der Waals surface area contributed by atoms with E-state index >= 15 is 0 Å². The van der Waals surface area contributed by atoms with Crippen molar-refractivity contribution in [2.75, 3.05) is 0 Å². The molecule has 0 aromatic carbocycles. The lowest BCUT2D eigenvalue weighted by Gasteiger charge is -1.86. The van der Waals surface area contributed by atoms with Gasteiger partial charge >= 0.3 is 10.0 Å². The van der Waals surface area contributed by atoms with Crippen LogP contribution in [0.5, 0.6) is 0 Å². The van der Waals surface area contributed by atoms with E-state index in [0.29, 0.717) is 0 Å². The lowest BCUT2D eigenvalue weighted by molar-refractivity contribution is 0.451. The molecule has 0 atom stereocenters. The van der Waals surface area contributed by atoms with Crippen LogP contribution in [0.25, 0.3) is 0 Å². The van der Waals surface area contributed by atoms with Crippen molar-refractivity contribution in [3.8, 4) is 0 Å². The predicted octanol–water partition coefficient (Wildman–Crippen LogP) is 1.07. The number of hydrogen-bond donors (Lipinski definition) is 0. The van der Waals surface area contributed by atoms with E-state index in [1.165, 1.54) is 18.4 Å². The maximum absolute atomic E-state index is 10.9. The smallest absolute Gasteiger partial charge is 0.324 e. The molecule has 0 aliphatic heterocycles. The third-order valence-electron chi connectivity index (χ3n) is 0.907. The van der Waals surface area contributed by atoms with Gasteiger partial charge in [0, 0.05) is 0 Å². The van der Waals surface area contributed by atoms with E-state index in [9.17, 15) is 8.42 Å². The molecule has 1 aromatic rings. The van der Waals surface area contributed by atoms with Gasteiger partial charge in [-0.25, -0.2) is 0 Å². The largest absolute Gasteiger partial charge is 0.451 e. The van der Waals surface area contributed by atoms with Crippen LogP contribution >= 0.6 is 12.2 Å². The predicted molar refractivity (Wildman–Crippen MR) is 40.9 cm³/mol. The van der Waals surface area contributed by atoms with Crippen molar-refractivity contribution in [1.82, 2.24) is 0 Å². The van der Waals surface area contributed by atoms with Gasteiger partial charge in [-0.2, -0.15) is 8.42 Å². The summed E-state index contributed by atoms with van der Waals surface area (Å²) in [6.45, 7) is 0. The Morgan fingerprint density at radius 3 is 2.82 bits per heavy atom. The van der Waals surface area contributed by atoms with Crippen LogP contribution in [0.2, 0.25) is 0 Å². The maximum Gasteiger partial charge on any atom is 0.324 e. The highest BCUT2D eigenvalue weighted by atomic mass is 32.2. The molecule has 0 amide bonds. The zero-order valence-corrected chi connectivity index (χ0v) is 6.85. The van der Waals surface area contributed by atoms with Crippen LogP contribution in [0.4, 0.5) is 0 Å². The first-order chi connectivity index (χ1) is 5.17. The summed E-state index contributed by atoms with van der Waals surface area (Å²) in [5, 5.41) is 1.53. The minimum absolute atomic E-state index is 0.227. The fourth-order valence-electron chi connectivity index (χ4n) is 0.504. The van der Waals surface area contributed by atoms with Gasteiger partial charge < -0.3 is 4.42 Å². The molecule has 0 fully saturated rings. The fourth-order valence-corrected chi connectivity index (χ4v) is 1.41. The highest BCUT2D eigenvalue weighted by Crippen LogP contribution is 2.10. The Morgan fingerprint density at radius 1 is 1.64 bits per heavy atom. The summed E-state index contributed by atoms with van der Waals surface area (Å²) in [6.07, 6.45) is 1.24. The van der Waals surface area contributed by atoms with Crippen molar-refractivity contribution in [1.29, 1.82) is 0 Å². The minimum Gasteiger partial charge on any atom is -0.451 e. The van der Waals surface area contributed by atoms with Crippen molar-refractivity contribution in [2.45, 2.75) is 5.09 Å². The molecule has 0 bridgehead atoms. The van der Waals surface area contributed by atoms with Crippen molar-refractivity contribution in [2.24, 2.45) is 4.40 Å². The molecule has 0 spiro atoms. The maximum atomic E-state index is 10.9. The van der Waals surface area contributed by atoms with E-state index in [1.807, 2.05) is 0 Å². The Labute approximate surface area is 68.6 Å². The number of furan rings is 1. The van der Waals surface area contributed by atoms with E-state index in [1.54, 1.807) is 5.16 Å². The monoisotopic (exact) mass is 189 g/mol. The van der Waals surface area contributed by atoms with Crippen LogP contribution in [-0.2, 0) is 10.0 Å². The first-order valence-electron chi connectivity index (χ1n) is 2.54. The standard InChI is InChI=1S/C5H3NO3S2/c7-11(8,6-4-10)5-2-1-3-9-5/h1-3H. The topological polar surface area (TPSA) is 59.6 Å². The van der Waals surface area contributed by atoms with Gasteiger partial charge in [0.2, 0.25) is 5.09 Å². The summed E-state index contributed by atoms with van der Waals surface area (Å²) in [6, 6.07) is 2.73. The molecule has 1 heterocycles. The minimum atomic E-state index is -3.72. The summed E-state index contributed by atoms with van der Waals surface area (Å²) >= 11 is 4.14. The molecule has 11 heavy (non-hydrogen) atoms. The number of rotatable bonds is 2. The SMILES string of the molecule is O=S(=O)(N=C=S)c1ccco1. The van der Waals surface area contributed by atoms with E-state index in [0.717, 1.165) is 0 Å². The van der Waals surface area contributed by atoms with Crippen LogP contribution in [0.15, 0.2) is 32.3 Å². The lowest BCUT2D eigenvalue weighted by atomic mass is 10.7. The molecule has 1 aromatic heterocycles. The molecule has 4 nitrogen and oxygen atoms in total. The number of isothiocyanates is 1. The molecule has 58 valence electrons. The Morgan fingerprint density at radius 2 is 2.36 bits per heavy atom. The third-order valence-corrected chi connectivity index (χ3v) is 2.19. The molecule has 0 aliphatic carbocycles. The molecule has 0 N–H and O–H groups in total. The first-order valence-corrected chi connectivity index (χ1v) is 4.39. The fraction of sp³-hybridized carbons (Fsp3) is 0.